The van der Waals surface area contributed by atoms with Gasteiger partial charge in [-0.2, -0.15) is 0 Å². The number of benzene rings is 1. The smallest absolute Gasteiger partial charge is 0.340 e. The number of aromatic nitrogens is 1. The molecule has 2 saturated carbocycles. The van der Waals surface area contributed by atoms with Gasteiger partial charge in [0.05, 0.1) is 18.6 Å². The lowest BCUT2D eigenvalue weighted by Crippen LogP contribution is -2.68. The standard InChI is InChI=1S/C43H54N2O11/c1-24-32(52-25(2)46)20-30-36(53-26(3)47)38-42(7,39(56-40(50)29-16-13-19-44-22-29)37(54-27(4)48)35(24)41(30,5)6)18-17-33(43(38)23-51-43)55-34(49)21-31(45(8)9)28-14-11-10-12-15-28/h10-16,19,22,30-33,36-39H,17-18,20-21,23H2,1-9H3/t30-,31+,32-,33-,36+,37+,38-,39-,42+,43-/m0/s1. The fourth-order valence-corrected chi connectivity index (χ4v) is 10.1. The third-order valence-electron chi connectivity index (χ3n) is 12.6. The number of pyridine rings is 1. The van der Waals surface area contributed by atoms with Crippen molar-refractivity contribution >= 4 is 29.8 Å². The summed E-state index contributed by atoms with van der Waals surface area (Å²) in [6.45, 7) is 11.8. The van der Waals surface area contributed by atoms with Gasteiger partial charge in [0.2, 0.25) is 0 Å². The number of hydrogen-bond donors (Lipinski definition) is 0. The average molecular weight is 775 g/mol. The zero-order valence-electron chi connectivity index (χ0n) is 33.7. The van der Waals surface area contributed by atoms with Crippen LogP contribution in [0.15, 0.2) is 66.0 Å². The maximum absolute atomic E-state index is 14.1. The predicted octanol–water partition coefficient (Wildman–Crippen LogP) is 5.57. The van der Waals surface area contributed by atoms with Gasteiger partial charge in [-0.25, -0.2) is 4.79 Å². The quantitative estimate of drug-likeness (QED) is 0.128. The van der Waals surface area contributed by atoms with E-state index in [9.17, 15) is 24.0 Å². The van der Waals surface area contributed by atoms with E-state index in [1.54, 1.807) is 18.3 Å². The zero-order valence-corrected chi connectivity index (χ0v) is 33.7. The molecule has 56 heavy (non-hydrogen) atoms. The Morgan fingerprint density at radius 1 is 0.893 bits per heavy atom. The second-order valence-corrected chi connectivity index (χ2v) is 16.8. The van der Waals surface area contributed by atoms with E-state index in [-0.39, 0.29) is 31.1 Å². The summed E-state index contributed by atoms with van der Waals surface area (Å²) in [5.41, 5.74) is -0.708. The monoisotopic (exact) mass is 774 g/mol. The normalized spacial score (nSPS) is 32.2. The third-order valence-corrected chi connectivity index (χ3v) is 12.6. The van der Waals surface area contributed by atoms with Crippen molar-refractivity contribution in [3.63, 3.8) is 0 Å². The van der Waals surface area contributed by atoms with Crippen LogP contribution < -0.4 is 0 Å². The zero-order chi connectivity index (χ0) is 40.7. The van der Waals surface area contributed by atoms with Crippen molar-refractivity contribution in [1.82, 2.24) is 9.88 Å². The molecule has 302 valence electrons. The number of rotatable bonds is 10. The summed E-state index contributed by atoms with van der Waals surface area (Å²) in [7, 11) is 3.82. The Morgan fingerprint density at radius 3 is 2.12 bits per heavy atom. The van der Waals surface area contributed by atoms with Gasteiger partial charge >= 0.3 is 29.8 Å². The van der Waals surface area contributed by atoms with Crippen LogP contribution in [0.3, 0.4) is 0 Å². The molecule has 1 saturated heterocycles. The van der Waals surface area contributed by atoms with Crippen molar-refractivity contribution in [2.75, 3.05) is 20.7 Å². The highest BCUT2D eigenvalue weighted by Gasteiger charge is 2.75. The molecule has 2 heterocycles. The first-order chi connectivity index (χ1) is 26.4. The lowest BCUT2D eigenvalue weighted by molar-refractivity contribution is -0.223. The number of fused-ring (bicyclic) bond motifs is 4. The molecule has 1 aromatic heterocycles. The Balaban J connectivity index is 1.51. The second-order valence-electron chi connectivity index (χ2n) is 16.8. The van der Waals surface area contributed by atoms with Gasteiger partial charge in [0.15, 0.2) is 6.10 Å². The van der Waals surface area contributed by atoms with Crippen molar-refractivity contribution < 1.29 is 52.4 Å². The second kappa shape index (κ2) is 15.7. The Hall–Kier alpha value is -4.62. The molecule has 6 rings (SSSR count). The van der Waals surface area contributed by atoms with Gasteiger partial charge in [-0.15, -0.1) is 0 Å². The average Bonchev–Trinajstić information content (AvgIpc) is 3.91. The van der Waals surface area contributed by atoms with Gasteiger partial charge in [-0.05, 0) is 74.5 Å². The topological polar surface area (TPSA) is 160 Å². The van der Waals surface area contributed by atoms with Gasteiger partial charge in [-0.1, -0.05) is 51.1 Å². The number of esters is 5. The van der Waals surface area contributed by atoms with Crippen molar-refractivity contribution in [3.8, 4) is 0 Å². The maximum atomic E-state index is 14.1. The number of carbonyl (C=O) groups is 5. The van der Waals surface area contributed by atoms with E-state index < -0.39 is 88.6 Å². The van der Waals surface area contributed by atoms with Gasteiger partial charge in [0.25, 0.3) is 0 Å². The SMILES string of the molecule is CC(=O)O[C@@H]1[C@@H]2C[C@H](OC(C)=O)C(C)=C([C@@H](OC(C)=O)[C@H](OC(=O)c3cccnc3)[C@]3(C)CC[C@H](OC(=O)C[C@H](c4ccccc4)N(C)C)[C@@]4(CO4)[C@@H]13)C2(C)C. The summed E-state index contributed by atoms with van der Waals surface area (Å²) >= 11 is 0. The molecule has 0 amide bonds. The van der Waals surface area contributed by atoms with E-state index in [0.717, 1.165) is 5.56 Å². The van der Waals surface area contributed by atoms with Crippen molar-refractivity contribution in [1.29, 1.82) is 0 Å². The van der Waals surface area contributed by atoms with Gasteiger partial charge < -0.3 is 33.3 Å². The number of ether oxygens (including phenoxy) is 6. The molecule has 4 aliphatic rings. The largest absolute Gasteiger partial charge is 0.462 e. The van der Waals surface area contributed by atoms with Crippen molar-refractivity contribution in [2.45, 2.75) is 116 Å². The summed E-state index contributed by atoms with van der Waals surface area (Å²) in [4.78, 5) is 73.1. The van der Waals surface area contributed by atoms with Crippen LogP contribution in [0.4, 0.5) is 0 Å². The highest BCUT2D eigenvalue weighted by molar-refractivity contribution is 5.89. The first-order valence-corrected chi connectivity index (χ1v) is 19.3. The summed E-state index contributed by atoms with van der Waals surface area (Å²) in [5, 5.41) is 0. The molecule has 0 N–H and O–H groups in total. The van der Waals surface area contributed by atoms with Crippen LogP contribution in [0.5, 0.6) is 0 Å². The van der Waals surface area contributed by atoms with E-state index in [4.69, 9.17) is 28.4 Å². The highest BCUT2D eigenvalue weighted by Crippen LogP contribution is 2.65. The van der Waals surface area contributed by atoms with Crippen LogP contribution in [-0.4, -0.2) is 96.6 Å². The van der Waals surface area contributed by atoms with Crippen molar-refractivity contribution in [2.24, 2.45) is 22.7 Å². The molecule has 10 atom stereocenters. The summed E-state index contributed by atoms with van der Waals surface area (Å²) in [6.07, 6.45) is -0.822. The number of hydrogen-bond acceptors (Lipinski definition) is 13. The van der Waals surface area contributed by atoms with Crippen LogP contribution in [0.1, 0.15) is 96.1 Å². The van der Waals surface area contributed by atoms with Crippen LogP contribution >= 0.6 is 0 Å². The van der Waals surface area contributed by atoms with Crippen LogP contribution in [0.2, 0.25) is 0 Å². The van der Waals surface area contributed by atoms with Gasteiger partial charge in [0.1, 0.15) is 30.0 Å². The Labute approximate surface area is 328 Å². The lowest BCUT2D eigenvalue weighted by atomic mass is 9.48. The lowest BCUT2D eigenvalue weighted by Gasteiger charge is -2.61. The number of nitrogens with zero attached hydrogens (tertiary/aromatic N) is 2. The molecule has 2 bridgehead atoms. The molecular weight excluding hydrogens is 720 g/mol. The Morgan fingerprint density at radius 2 is 1.55 bits per heavy atom. The molecule has 1 aliphatic heterocycles. The molecule has 0 radical (unpaired) electrons. The van der Waals surface area contributed by atoms with Crippen LogP contribution in [0, 0.1) is 22.7 Å². The van der Waals surface area contributed by atoms with E-state index in [1.165, 1.54) is 27.0 Å². The molecule has 2 aromatic rings. The molecule has 1 spiro atoms. The van der Waals surface area contributed by atoms with Crippen molar-refractivity contribution in [3.05, 3.63) is 77.1 Å². The van der Waals surface area contributed by atoms with E-state index >= 15 is 0 Å². The molecule has 0 unspecified atom stereocenters. The first-order valence-electron chi connectivity index (χ1n) is 19.3. The number of carbonyl (C=O) groups excluding carboxylic acids is 5. The molecule has 1 aromatic carbocycles. The molecule has 13 heteroatoms. The van der Waals surface area contributed by atoms with Crippen LogP contribution in [0.25, 0.3) is 0 Å². The summed E-state index contributed by atoms with van der Waals surface area (Å²) in [6, 6.07) is 12.7. The first kappa shape index (κ1) is 41.0. The molecule has 13 nitrogen and oxygen atoms in total. The number of epoxide rings is 1. The molecular formula is C43H54N2O11. The van der Waals surface area contributed by atoms with E-state index in [0.29, 0.717) is 24.0 Å². The predicted molar refractivity (Wildman–Crippen MR) is 202 cm³/mol. The molecule has 3 aliphatic carbocycles. The van der Waals surface area contributed by atoms with Gasteiger partial charge in [0, 0.05) is 56.5 Å². The van der Waals surface area contributed by atoms with Crippen LogP contribution in [-0.2, 0) is 47.6 Å². The minimum absolute atomic E-state index is 0.0753. The van der Waals surface area contributed by atoms with E-state index in [2.05, 4.69) is 4.98 Å². The van der Waals surface area contributed by atoms with E-state index in [1.807, 2.05) is 77.0 Å². The minimum atomic E-state index is -1.17. The fraction of sp³-hybridized carbons (Fsp3) is 0.581. The summed E-state index contributed by atoms with van der Waals surface area (Å²) < 4.78 is 38.0. The fourth-order valence-electron chi connectivity index (χ4n) is 10.1. The highest BCUT2D eigenvalue weighted by atomic mass is 16.6. The van der Waals surface area contributed by atoms with Gasteiger partial charge in [-0.3, -0.25) is 24.2 Å². The Bertz CT molecular complexity index is 1860. The summed E-state index contributed by atoms with van der Waals surface area (Å²) in [5.74, 6) is -4.05. The third kappa shape index (κ3) is 7.72. The maximum Gasteiger partial charge on any atom is 0.340 e. The Kier molecular flexibility index (Phi) is 11.5. The minimum Gasteiger partial charge on any atom is -0.462 e. The molecule has 3 fully saturated rings.